The molecule has 5 heteroatoms. The zero-order valence-electron chi connectivity index (χ0n) is 15.8. The highest BCUT2D eigenvalue weighted by molar-refractivity contribution is 5.82. The first-order chi connectivity index (χ1) is 13.7. The Morgan fingerprint density at radius 1 is 1.00 bits per heavy atom. The maximum absolute atomic E-state index is 13.1. The molecule has 1 fully saturated rings. The molecule has 0 bridgehead atoms. The smallest absolute Gasteiger partial charge is 0.336 e. The van der Waals surface area contributed by atoms with E-state index in [9.17, 15) is 9.18 Å². The molecule has 1 saturated heterocycles. The van der Waals surface area contributed by atoms with Gasteiger partial charge in [-0.05, 0) is 66.8 Å². The average molecular weight is 379 g/mol. The van der Waals surface area contributed by atoms with E-state index < -0.39 is 0 Å². The predicted octanol–water partition coefficient (Wildman–Crippen LogP) is 2.33. The van der Waals surface area contributed by atoms with Gasteiger partial charge in [-0.1, -0.05) is 0 Å². The number of fused-ring (bicyclic) bond motifs is 2. The Bertz CT molecular complexity index is 1070. The summed E-state index contributed by atoms with van der Waals surface area (Å²) in [4.78, 5) is 15.9. The normalized spacial score (nSPS) is 17.2. The van der Waals surface area contributed by atoms with Crippen LogP contribution in [0.5, 0.6) is 0 Å². The second kappa shape index (κ2) is 7.06. The number of nitrogens with one attached hydrogen (secondary N) is 1. The van der Waals surface area contributed by atoms with Crippen LogP contribution >= 0.6 is 0 Å². The number of piperazine rings is 1. The van der Waals surface area contributed by atoms with E-state index in [2.05, 4.69) is 17.0 Å². The monoisotopic (exact) mass is 379 g/mol. The van der Waals surface area contributed by atoms with Gasteiger partial charge in [0.2, 0.25) is 0 Å². The van der Waals surface area contributed by atoms with Crippen LogP contribution in [-0.2, 0) is 19.4 Å². The SMILES string of the molecule is O=c1cc(C[NH+]2CCN(c3ccc(F)cc3)CC2)c2cc3c(cc2o1)CCC3. The van der Waals surface area contributed by atoms with Gasteiger partial charge in [-0.2, -0.15) is 0 Å². The van der Waals surface area contributed by atoms with Crippen LogP contribution in [0.25, 0.3) is 11.0 Å². The van der Waals surface area contributed by atoms with Crippen molar-refractivity contribution in [3.8, 4) is 0 Å². The van der Waals surface area contributed by atoms with Crippen LogP contribution in [0.4, 0.5) is 10.1 Å². The molecule has 5 rings (SSSR count). The number of aryl methyl sites for hydroxylation is 2. The molecule has 0 spiro atoms. The fraction of sp³-hybridized carbons (Fsp3) is 0.348. The molecule has 28 heavy (non-hydrogen) atoms. The quantitative estimate of drug-likeness (QED) is 0.710. The largest absolute Gasteiger partial charge is 0.423 e. The Balaban J connectivity index is 1.35. The summed E-state index contributed by atoms with van der Waals surface area (Å²) in [7, 11) is 0. The maximum Gasteiger partial charge on any atom is 0.336 e. The molecule has 1 aliphatic heterocycles. The van der Waals surface area contributed by atoms with Crippen molar-refractivity contribution in [1.82, 2.24) is 0 Å². The van der Waals surface area contributed by atoms with Crippen LogP contribution in [0.1, 0.15) is 23.1 Å². The summed E-state index contributed by atoms with van der Waals surface area (Å²) in [6.45, 7) is 4.66. The Labute approximate surface area is 163 Å². The highest BCUT2D eigenvalue weighted by atomic mass is 19.1. The second-order valence-electron chi connectivity index (χ2n) is 7.95. The lowest BCUT2D eigenvalue weighted by Crippen LogP contribution is -3.13. The molecule has 2 aromatic carbocycles. The topological polar surface area (TPSA) is 37.9 Å². The van der Waals surface area contributed by atoms with E-state index >= 15 is 0 Å². The molecule has 3 aromatic rings. The lowest BCUT2D eigenvalue weighted by Gasteiger charge is -2.33. The van der Waals surface area contributed by atoms with Crippen molar-refractivity contribution in [3.63, 3.8) is 0 Å². The van der Waals surface area contributed by atoms with Crippen LogP contribution in [0.3, 0.4) is 0 Å². The van der Waals surface area contributed by atoms with Gasteiger partial charge in [0.1, 0.15) is 17.9 Å². The number of halogens is 1. The number of rotatable bonds is 3. The summed E-state index contributed by atoms with van der Waals surface area (Å²) in [5.41, 5.74) is 5.36. The first kappa shape index (κ1) is 17.4. The minimum atomic E-state index is -0.259. The minimum absolute atomic E-state index is 0.200. The number of hydrogen-bond donors (Lipinski definition) is 1. The summed E-state index contributed by atoms with van der Waals surface area (Å²) >= 11 is 0. The van der Waals surface area contributed by atoms with E-state index in [0.29, 0.717) is 0 Å². The van der Waals surface area contributed by atoms with Gasteiger partial charge in [0.15, 0.2) is 0 Å². The summed E-state index contributed by atoms with van der Waals surface area (Å²) in [5, 5.41) is 1.09. The van der Waals surface area contributed by atoms with Gasteiger partial charge in [0, 0.05) is 22.7 Å². The van der Waals surface area contributed by atoms with Crippen LogP contribution in [0.15, 0.2) is 51.7 Å². The number of nitrogens with zero attached hydrogens (tertiary/aromatic N) is 1. The minimum Gasteiger partial charge on any atom is -0.423 e. The van der Waals surface area contributed by atoms with Crippen molar-refractivity contribution in [2.24, 2.45) is 0 Å². The molecule has 0 radical (unpaired) electrons. The van der Waals surface area contributed by atoms with E-state index in [0.717, 1.165) is 67.8 Å². The lowest BCUT2D eigenvalue weighted by atomic mass is 10.0. The molecule has 0 unspecified atom stereocenters. The van der Waals surface area contributed by atoms with Gasteiger partial charge in [-0.15, -0.1) is 0 Å². The van der Waals surface area contributed by atoms with Gasteiger partial charge in [0.25, 0.3) is 0 Å². The molecule has 144 valence electrons. The standard InChI is InChI=1S/C23H23FN2O2/c24-19-4-6-20(7-5-19)26-10-8-25(9-11-26)15-18-14-23(27)28-22-13-17-3-1-2-16(17)12-21(18)22/h4-7,12-14H,1-3,8-11,15H2/p+1. The van der Waals surface area contributed by atoms with Gasteiger partial charge < -0.3 is 14.2 Å². The van der Waals surface area contributed by atoms with E-state index in [1.165, 1.54) is 34.6 Å². The zero-order chi connectivity index (χ0) is 19.1. The van der Waals surface area contributed by atoms with E-state index in [1.54, 1.807) is 6.07 Å². The van der Waals surface area contributed by atoms with E-state index in [1.807, 2.05) is 12.1 Å². The third kappa shape index (κ3) is 3.31. The lowest BCUT2D eigenvalue weighted by molar-refractivity contribution is -0.914. The van der Waals surface area contributed by atoms with Crippen LogP contribution < -0.4 is 15.4 Å². The van der Waals surface area contributed by atoms with Gasteiger partial charge in [0.05, 0.1) is 26.2 Å². The Hall–Kier alpha value is -2.66. The third-order valence-electron chi connectivity index (χ3n) is 6.15. The third-order valence-corrected chi connectivity index (χ3v) is 6.15. The van der Waals surface area contributed by atoms with Gasteiger partial charge in [-0.3, -0.25) is 0 Å². The first-order valence-electron chi connectivity index (χ1n) is 10.1. The molecule has 0 atom stereocenters. The number of anilines is 1. The van der Waals surface area contributed by atoms with Gasteiger partial charge in [-0.25, -0.2) is 9.18 Å². The molecule has 0 amide bonds. The average Bonchev–Trinajstić information content (AvgIpc) is 3.15. The van der Waals surface area contributed by atoms with Crippen molar-refractivity contribution in [1.29, 1.82) is 0 Å². The summed E-state index contributed by atoms with van der Waals surface area (Å²) in [6.07, 6.45) is 3.38. The molecule has 1 N–H and O–H groups in total. The van der Waals surface area contributed by atoms with E-state index in [-0.39, 0.29) is 11.4 Å². The second-order valence-corrected chi connectivity index (χ2v) is 7.95. The van der Waals surface area contributed by atoms with Crippen molar-refractivity contribution in [2.75, 3.05) is 31.1 Å². The van der Waals surface area contributed by atoms with Crippen LogP contribution in [0.2, 0.25) is 0 Å². The molecular weight excluding hydrogens is 355 g/mol. The molecular formula is C23H24FN2O2+. The molecule has 2 heterocycles. The molecule has 4 nitrogen and oxygen atoms in total. The Kier molecular flexibility index (Phi) is 4.40. The number of hydrogen-bond acceptors (Lipinski definition) is 3. The summed E-state index contributed by atoms with van der Waals surface area (Å²) in [5.74, 6) is -0.200. The highest BCUT2D eigenvalue weighted by Crippen LogP contribution is 2.28. The summed E-state index contributed by atoms with van der Waals surface area (Å²) in [6, 6.07) is 12.7. The molecule has 1 aromatic heterocycles. The maximum atomic E-state index is 13.1. The highest BCUT2D eigenvalue weighted by Gasteiger charge is 2.22. The Morgan fingerprint density at radius 3 is 2.46 bits per heavy atom. The molecule has 2 aliphatic rings. The van der Waals surface area contributed by atoms with Crippen molar-refractivity contribution >= 4 is 16.7 Å². The zero-order valence-corrected chi connectivity index (χ0v) is 15.8. The van der Waals surface area contributed by atoms with Crippen molar-refractivity contribution < 1.29 is 13.7 Å². The van der Waals surface area contributed by atoms with E-state index in [4.69, 9.17) is 4.42 Å². The first-order valence-corrected chi connectivity index (χ1v) is 10.1. The predicted molar refractivity (Wildman–Crippen MR) is 108 cm³/mol. The van der Waals surface area contributed by atoms with Gasteiger partial charge >= 0.3 is 5.63 Å². The molecule has 1 aliphatic carbocycles. The number of quaternary nitrogens is 1. The fourth-order valence-corrected chi connectivity index (χ4v) is 4.62. The van der Waals surface area contributed by atoms with Crippen molar-refractivity contribution in [3.05, 3.63) is 75.4 Å². The van der Waals surface area contributed by atoms with Crippen LogP contribution in [-0.4, -0.2) is 26.2 Å². The van der Waals surface area contributed by atoms with Crippen molar-refractivity contribution in [2.45, 2.75) is 25.8 Å². The summed E-state index contributed by atoms with van der Waals surface area (Å²) < 4.78 is 18.6. The number of benzene rings is 2. The molecule has 0 saturated carbocycles. The fourth-order valence-electron chi connectivity index (χ4n) is 4.62. The van der Waals surface area contributed by atoms with Crippen LogP contribution in [0, 0.1) is 5.82 Å². The Morgan fingerprint density at radius 2 is 1.71 bits per heavy atom.